The van der Waals surface area contributed by atoms with Crippen LogP contribution in [0.5, 0.6) is 0 Å². The van der Waals surface area contributed by atoms with Gasteiger partial charge in [0.15, 0.2) is 0 Å². The second-order valence-electron chi connectivity index (χ2n) is 10.9. The fourth-order valence-corrected chi connectivity index (χ4v) is 6.85. The van der Waals surface area contributed by atoms with Crippen molar-refractivity contribution < 1.29 is 23.2 Å². The number of carboxylic acid groups (broad SMARTS) is 1. The maximum Gasteiger partial charge on any atom is 0.303 e. The Morgan fingerprint density at radius 3 is 2.68 bits per heavy atom. The first-order valence-electron chi connectivity index (χ1n) is 16.6. The van der Waals surface area contributed by atoms with Crippen LogP contribution in [-0.4, -0.2) is 26.9 Å². The summed E-state index contributed by atoms with van der Waals surface area (Å²) in [7, 11) is 0. The molecule has 4 aromatic rings. The highest BCUT2D eigenvalue weighted by molar-refractivity contribution is 7.99. The van der Waals surface area contributed by atoms with Gasteiger partial charge in [-0.3, -0.25) is 4.79 Å². The van der Waals surface area contributed by atoms with Gasteiger partial charge in [-0.1, -0.05) is 78.3 Å². The quantitative estimate of drug-likeness (QED) is 0.172. The summed E-state index contributed by atoms with van der Waals surface area (Å²) >= 11 is 7.82. The predicted molar refractivity (Wildman–Crippen MR) is 171 cm³/mol. The van der Waals surface area contributed by atoms with Crippen molar-refractivity contribution in [3.8, 4) is 0 Å². The zero-order valence-corrected chi connectivity index (χ0v) is 24.1. The number of hydrogen-bond acceptors (Lipinski definition) is 4. The smallest absolute Gasteiger partial charge is 0.303 e. The predicted octanol–water partition coefficient (Wildman–Crippen LogP) is 8.95. The number of aliphatic carboxylic acids is 1. The van der Waals surface area contributed by atoms with Crippen LogP contribution in [0.4, 0.5) is 0 Å². The highest BCUT2D eigenvalue weighted by atomic mass is 35.5. The molecule has 1 aliphatic rings. The molecule has 6 heteroatoms. The zero-order valence-electron chi connectivity index (χ0n) is 28.5. The van der Waals surface area contributed by atoms with E-state index >= 15 is 0 Å². The number of fused-ring (bicyclic) bond motifs is 1. The van der Waals surface area contributed by atoms with E-state index in [1.807, 2.05) is 60.7 Å². The summed E-state index contributed by atoms with van der Waals surface area (Å²) in [5, 5.41) is 22.2. The molecule has 0 saturated heterocycles. The molecule has 0 aliphatic heterocycles. The Bertz CT molecular complexity index is 1770. The first-order chi connectivity index (χ1) is 22.1. The fourth-order valence-electron chi connectivity index (χ4n) is 5.11. The SMILES string of the molecule is [2H]C([2H])([2H])C(O)(c1ccccc1CC[C@@H](SCC1(CC(=O)O)CC1)c1cccc(C=Cc2ccc3ccc(Cl)cc3n2)c1)C([2H])([2H])[2H]. The van der Waals surface area contributed by atoms with Crippen molar-refractivity contribution in [1.29, 1.82) is 0 Å². The van der Waals surface area contributed by atoms with Crippen LogP contribution in [0.2, 0.25) is 5.02 Å². The molecule has 5 rings (SSSR count). The highest BCUT2D eigenvalue weighted by Crippen LogP contribution is 2.53. The molecule has 0 spiro atoms. The van der Waals surface area contributed by atoms with E-state index in [9.17, 15) is 15.0 Å². The second kappa shape index (κ2) is 12.4. The average molecular weight is 592 g/mol. The number of halogens is 1. The van der Waals surface area contributed by atoms with Gasteiger partial charge in [0.1, 0.15) is 0 Å². The van der Waals surface area contributed by atoms with Crippen molar-refractivity contribution in [2.75, 3.05) is 5.75 Å². The van der Waals surface area contributed by atoms with Crippen molar-refractivity contribution in [1.82, 2.24) is 4.98 Å². The van der Waals surface area contributed by atoms with Crippen LogP contribution in [0, 0.1) is 5.41 Å². The minimum atomic E-state index is -3.19. The number of carbonyl (C=O) groups is 1. The van der Waals surface area contributed by atoms with Crippen molar-refractivity contribution in [2.45, 2.75) is 56.7 Å². The Hall–Kier alpha value is -3.12. The number of rotatable bonds is 12. The molecule has 3 aromatic carbocycles. The summed E-state index contributed by atoms with van der Waals surface area (Å²) in [4.78, 5) is 16.2. The summed E-state index contributed by atoms with van der Waals surface area (Å²) < 4.78 is 47.7. The molecule has 212 valence electrons. The lowest BCUT2D eigenvalue weighted by atomic mass is 9.90. The molecule has 1 fully saturated rings. The normalized spacial score (nSPS) is 18.1. The van der Waals surface area contributed by atoms with E-state index < -0.39 is 25.3 Å². The van der Waals surface area contributed by atoms with Crippen LogP contribution in [0.25, 0.3) is 23.1 Å². The van der Waals surface area contributed by atoms with E-state index in [-0.39, 0.29) is 22.6 Å². The first-order valence-corrected chi connectivity index (χ1v) is 15.0. The van der Waals surface area contributed by atoms with Gasteiger partial charge in [0.05, 0.1) is 23.2 Å². The zero-order chi connectivity index (χ0) is 34.0. The van der Waals surface area contributed by atoms with Crippen molar-refractivity contribution in [3.63, 3.8) is 0 Å². The standard InChI is InChI=1S/C35H36ClNO3S/c1-34(2,40)30-9-4-3-7-25(30)13-17-32(41-23-35(18-19-35)22-33(38)39)27-8-5-6-24(20-27)10-15-29-16-12-26-11-14-28(36)21-31(26)37-29/h3-12,14-16,20-21,32,40H,13,17-19,22-23H2,1-2H3,(H,38,39)/t32-/m1/s1/i1D3,2D3. The molecule has 0 bridgehead atoms. The number of nitrogens with zero attached hydrogens (tertiary/aromatic N) is 1. The van der Waals surface area contributed by atoms with E-state index in [2.05, 4.69) is 6.07 Å². The molecule has 0 radical (unpaired) electrons. The van der Waals surface area contributed by atoms with E-state index in [4.69, 9.17) is 24.8 Å². The van der Waals surface area contributed by atoms with Crippen LogP contribution < -0.4 is 0 Å². The molecule has 1 aromatic heterocycles. The third-order valence-electron chi connectivity index (χ3n) is 7.56. The lowest BCUT2D eigenvalue weighted by Crippen LogP contribution is -2.18. The van der Waals surface area contributed by atoms with E-state index in [0.717, 1.165) is 40.6 Å². The molecule has 1 aliphatic carbocycles. The number of benzene rings is 3. The Balaban J connectivity index is 1.43. The van der Waals surface area contributed by atoms with Crippen LogP contribution in [-0.2, 0) is 16.8 Å². The molecule has 1 atom stereocenters. The molecule has 0 unspecified atom stereocenters. The lowest BCUT2D eigenvalue weighted by Gasteiger charge is -2.24. The molecule has 41 heavy (non-hydrogen) atoms. The molecular formula is C35H36ClNO3S. The van der Waals surface area contributed by atoms with E-state index in [1.54, 1.807) is 23.9 Å². The summed E-state index contributed by atoms with van der Waals surface area (Å²) in [5.74, 6) is -0.178. The number of hydrogen-bond donors (Lipinski definition) is 2. The van der Waals surface area contributed by atoms with Crippen LogP contribution >= 0.6 is 23.4 Å². The summed E-state index contributed by atoms with van der Waals surface area (Å²) in [6, 6.07) is 23.8. The summed E-state index contributed by atoms with van der Waals surface area (Å²) in [6.45, 7) is -6.38. The molecule has 1 heterocycles. The maximum atomic E-state index is 11.6. The number of carboxylic acids is 1. The summed E-state index contributed by atoms with van der Waals surface area (Å²) in [6.07, 6.45) is 6.50. The second-order valence-corrected chi connectivity index (χ2v) is 12.5. The van der Waals surface area contributed by atoms with Gasteiger partial charge in [0.25, 0.3) is 0 Å². The number of pyridine rings is 1. The average Bonchev–Trinajstić information content (AvgIpc) is 3.77. The number of aliphatic hydroxyl groups is 1. The van der Waals surface area contributed by atoms with E-state index in [1.165, 1.54) is 12.1 Å². The molecular weight excluding hydrogens is 550 g/mol. The Labute approximate surface area is 259 Å². The lowest BCUT2D eigenvalue weighted by molar-refractivity contribution is -0.138. The highest BCUT2D eigenvalue weighted by Gasteiger charge is 2.44. The Morgan fingerprint density at radius 2 is 1.90 bits per heavy atom. The van der Waals surface area contributed by atoms with Gasteiger partial charge in [-0.15, -0.1) is 0 Å². The minimum Gasteiger partial charge on any atom is -0.481 e. The Kier molecular flexibility index (Phi) is 6.80. The van der Waals surface area contributed by atoms with Gasteiger partial charge in [-0.2, -0.15) is 11.8 Å². The molecule has 2 N–H and O–H groups in total. The van der Waals surface area contributed by atoms with Crippen molar-refractivity contribution in [2.24, 2.45) is 5.41 Å². The van der Waals surface area contributed by atoms with Crippen LogP contribution in [0.1, 0.15) is 80.8 Å². The van der Waals surface area contributed by atoms with Crippen molar-refractivity contribution in [3.05, 3.63) is 112 Å². The summed E-state index contributed by atoms with van der Waals surface area (Å²) in [5.41, 5.74) is 0.529. The molecule has 0 amide bonds. The number of thioether (sulfide) groups is 1. The van der Waals surface area contributed by atoms with Crippen LogP contribution in [0.3, 0.4) is 0 Å². The van der Waals surface area contributed by atoms with Gasteiger partial charge in [-0.25, -0.2) is 4.98 Å². The third kappa shape index (κ3) is 7.79. The number of aromatic nitrogens is 1. The maximum absolute atomic E-state index is 11.6. The van der Waals surface area contributed by atoms with Crippen molar-refractivity contribution >= 4 is 52.4 Å². The molecule has 1 saturated carbocycles. The minimum absolute atomic E-state index is 0.104. The van der Waals surface area contributed by atoms with Gasteiger partial charge in [0.2, 0.25) is 0 Å². The fraction of sp³-hybridized carbons (Fsp3) is 0.314. The topological polar surface area (TPSA) is 70.4 Å². The molecule has 4 nitrogen and oxygen atoms in total. The van der Waals surface area contributed by atoms with Crippen LogP contribution in [0.15, 0.2) is 78.9 Å². The largest absolute Gasteiger partial charge is 0.481 e. The van der Waals surface area contributed by atoms with Gasteiger partial charge in [-0.05, 0) is 91.3 Å². The third-order valence-corrected chi connectivity index (χ3v) is 9.49. The number of aryl methyl sites for hydroxylation is 1. The van der Waals surface area contributed by atoms with Gasteiger partial charge < -0.3 is 10.2 Å². The van der Waals surface area contributed by atoms with Gasteiger partial charge in [0, 0.05) is 29.6 Å². The Morgan fingerprint density at radius 1 is 1.10 bits per heavy atom. The van der Waals surface area contributed by atoms with Gasteiger partial charge >= 0.3 is 5.97 Å². The first kappa shape index (κ1) is 22.5. The monoisotopic (exact) mass is 591 g/mol. The van der Waals surface area contributed by atoms with E-state index in [0.29, 0.717) is 29.2 Å².